The number of amides is 2. The summed E-state index contributed by atoms with van der Waals surface area (Å²) in [6.07, 6.45) is 3.45. The van der Waals surface area contributed by atoms with Crippen LogP contribution in [0, 0.1) is 0 Å². The predicted molar refractivity (Wildman–Crippen MR) is 86.1 cm³/mol. The maximum absolute atomic E-state index is 12.5. The van der Waals surface area contributed by atoms with Gasteiger partial charge in [0.15, 0.2) is 0 Å². The van der Waals surface area contributed by atoms with Crippen LogP contribution in [0.15, 0.2) is 18.2 Å². The minimum Gasteiger partial charge on any atom is -0.396 e. The molecule has 0 spiro atoms. The molecule has 2 N–H and O–H groups in total. The topological polar surface area (TPSA) is 52.6 Å². The number of benzene rings is 1. The number of aliphatic hydroxyl groups is 1. The van der Waals surface area contributed by atoms with Gasteiger partial charge in [0.25, 0.3) is 0 Å². The van der Waals surface area contributed by atoms with Crippen LogP contribution in [0.3, 0.4) is 0 Å². The first-order valence-electron chi connectivity index (χ1n) is 7.11. The Morgan fingerprint density at radius 2 is 2.19 bits per heavy atom. The second-order valence-corrected chi connectivity index (χ2v) is 6.45. The summed E-state index contributed by atoms with van der Waals surface area (Å²) in [6, 6.07) is 4.90. The van der Waals surface area contributed by atoms with Gasteiger partial charge in [0, 0.05) is 24.4 Å². The highest BCUT2D eigenvalue weighted by Crippen LogP contribution is 2.34. The van der Waals surface area contributed by atoms with Crippen molar-refractivity contribution in [2.24, 2.45) is 0 Å². The molecule has 1 heterocycles. The predicted octanol–water partition coefficient (Wildman–Crippen LogP) is 4.15. The summed E-state index contributed by atoms with van der Waals surface area (Å²) in [7, 11) is 0. The molecule has 1 atom stereocenters. The molecule has 4 nitrogen and oxygen atoms in total. The van der Waals surface area contributed by atoms with E-state index in [9.17, 15) is 4.79 Å². The van der Waals surface area contributed by atoms with Crippen LogP contribution in [-0.4, -0.2) is 34.7 Å². The number of likely N-dealkylation sites (tertiary alicyclic amines) is 1. The lowest BCUT2D eigenvalue weighted by Gasteiger charge is -2.35. The van der Waals surface area contributed by atoms with Gasteiger partial charge in [-0.05, 0) is 50.8 Å². The summed E-state index contributed by atoms with van der Waals surface area (Å²) >= 11 is 11.8. The van der Waals surface area contributed by atoms with E-state index in [0.29, 0.717) is 22.2 Å². The molecule has 0 aliphatic carbocycles. The van der Waals surface area contributed by atoms with Gasteiger partial charge in [-0.1, -0.05) is 23.2 Å². The van der Waals surface area contributed by atoms with Crippen molar-refractivity contribution in [3.8, 4) is 0 Å². The van der Waals surface area contributed by atoms with Gasteiger partial charge < -0.3 is 15.3 Å². The highest BCUT2D eigenvalue weighted by atomic mass is 35.5. The van der Waals surface area contributed by atoms with Gasteiger partial charge >= 0.3 is 6.03 Å². The van der Waals surface area contributed by atoms with E-state index in [4.69, 9.17) is 28.3 Å². The number of nitrogens with zero attached hydrogens (tertiary/aromatic N) is 1. The molecule has 2 rings (SSSR count). The zero-order valence-electron chi connectivity index (χ0n) is 12.0. The summed E-state index contributed by atoms with van der Waals surface area (Å²) in [5.41, 5.74) is 0.439. The van der Waals surface area contributed by atoms with Crippen molar-refractivity contribution in [1.29, 1.82) is 0 Å². The third-order valence-electron chi connectivity index (χ3n) is 4.04. The fourth-order valence-electron chi connectivity index (χ4n) is 2.85. The van der Waals surface area contributed by atoms with Gasteiger partial charge in [-0.25, -0.2) is 4.79 Å². The van der Waals surface area contributed by atoms with E-state index in [1.807, 2.05) is 4.90 Å². The standard InChI is InChI=1S/C15H20Cl2N2O2/c1-15(7-3-9-20)6-2-8-19(15)14(21)18-11-4-5-12(16)13(17)10-11/h4-5,10,20H,2-3,6-9H2,1H3,(H,18,21)/t15-/m0/s1. The van der Waals surface area contributed by atoms with Gasteiger partial charge in [0.05, 0.1) is 10.0 Å². The van der Waals surface area contributed by atoms with Crippen LogP contribution in [-0.2, 0) is 0 Å². The second-order valence-electron chi connectivity index (χ2n) is 5.64. The number of hydrogen-bond acceptors (Lipinski definition) is 2. The number of nitrogens with one attached hydrogen (secondary N) is 1. The van der Waals surface area contributed by atoms with Crippen LogP contribution in [0.2, 0.25) is 10.0 Å². The van der Waals surface area contributed by atoms with Crippen molar-refractivity contribution in [2.75, 3.05) is 18.5 Å². The molecule has 1 aliphatic heterocycles. The number of anilines is 1. The van der Waals surface area contributed by atoms with Crippen LogP contribution in [0.1, 0.15) is 32.6 Å². The molecular weight excluding hydrogens is 311 g/mol. The molecule has 0 unspecified atom stereocenters. The number of aliphatic hydroxyl groups excluding tert-OH is 1. The molecule has 116 valence electrons. The second kappa shape index (κ2) is 6.86. The average molecular weight is 331 g/mol. The maximum atomic E-state index is 12.5. The van der Waals surface area contributed by atoms with E-state index in [2.05, 4.69) is 12.2 Å². The van der Waals surface area contributed by atoms with E-state index < -0.39 is 0 Å². The van der Waals surface area contributed by atoms with E-state index in [1.165, 1.54) is 0 Å². The molecule has 21 heavy (non-hydrogen) atoms. The third kappa shape index (κ3) is 3.82. The molecule has 2 amide bonds. The van der Waals surface area contributed by atoms with E-state index in [0.717, 1.165) is 25.8 Å². The Bertz CT molecular complexity index is 524. The summed E-state index contributed by atoms with van der Waals surface area (Å²) in [5.74, 6) is 0. The zero-order chi connectivity index (χ0) is 15.5. The lowest BCUT2D eigenvalue weighted by atomic mass is 9.93. The fraction of sp³-hybridized carbons (Fsp3) is 0.533. The number of hydrogen-bond donors (Lipinski definition) is 2. The molecule has 1 aliphatic rings. The van der Waals surface area contributed by atoms with E-state index in [-0.39, 0.29) is 18.2 Å². The molecule has 6 heteroatoms. The van der Waals surface area contributed by atoms with Gasteiger partial charge in [0.2, 0.25) is 0 Å². The van der Waals surface area contributed by atoms with Crippen molar-refractivity contribution in [2.45, 2.75) is 38.1 Å². The maximum Gasteiger partial charge on any atom is 0.322 e. The zero-order valence-corrected chi connectivity index (χ0v) is 13.5. The highest BCUT2D eigenvalue weighted by Gasteiger charge is 2.39. The van der Waals surface area contributed by atoms with Crippen LogP contribution < -0.4 is 5.32 Å². The summed E-state index contributed by atoms with van der Waals surface area (Å²) < 4.78 is 0. The Kier molecular flexibility index (Phi) is 5.36. The normalized spacial score (nSPS) is 21.6. The molecule has 1 aromatic carbocycles. The summed E-state index contributed by atoms with van der Waals surface area (Å²) in [4.78, 5) is 14.3. The van der Waals surface area contributed by atoms with Crippen molar-refractivity contribution in [3.63, 3.8) is 0 Å². The third-order valence-corrected chi connectivity index (χ3v) is 4.78. The van der Waals surface area contributed by atoms with Gasteiger partial charge in [-0.15, -0.1) is 0 Å². The van der Waals surface area contributed by atoms with Crippen LogP contribution in [0.25, 0.3) is 0 Å². The minimum atomic E-state index is -0.191. The van der Waals surface area contributed by atoms with Crippen molar-refractivity contribution >= 4 is 34.9 Å². The first-order valence-corrected chi connectivity index (χ1v) is 7.86. The molecule has 0 aromatic heterocycles. The lowest BCUT2D eigenvalue weighted by Crippen LogP contribution is -2.47. The minimum absolute atomic E-state index is 0.133. The first-order chi connectivity index (χ1) is 9.96. The van der Waals surface area contributed by atoms with Crippen LogP contribution in [0.4, 0.5) is 10.5 Å². The Hall–Kier alpha value is -0.970. The Morgan fingerprint density at radius 1 is 1.43 bits per heavy atom. The molecule has 0 saturated carbocycles. The lowest BCUT2D eigenvalue weighted by molar-refractivity contribution is 0.151. The Morgan fingerprint density at radius 3 is 2.86 bits per heavy atom. The number of urea groups is 1. The molecule has 0 radical (unpaired) electrons. The molecule has 1 aromatic rings. The van der Waals surface area contributed by atoms with Crippen molar-refractivity contribution in [1.82, 2.24) is 4.90 Å². The molecule has 1 saturated heterocycles. The largest absolute Gasteiger partial charge is 0.396 e. The summed E-state index contributed by atoms with van der Waals surface area (Å²) in [5, 5.41) is 12.8. The van der Waals surface area contributed by atoms with Gasteiger partial charge in [0.1, 0.15) is 0 Å². The van der Waals surface area contributed by atoms with E-state index >= 15 is 0 Å². The quantitative estimate of drug-likeness (QED) is 0.871. The van der Waals surface area contributed by atoms with Crippen LogP contribution >= 0.6 is 23.2 Å². The average Bonchev–Trinajstić information content (AvgIpc) is 2.83. The van der Waals surface area contributed by atoms with Crippen LogP contribution in [0.5, 0.6) is 0 Å². The Balaban J connectivity index is 2.06. The fourth-order valence-corrected chi connectivity index (χ4v) is 3.15. The SMILES string of the molecule is C[C@@]1(CCCO)CCCN1C(=O)Nc1ccc(Cl)c(Cl)c1. The monoisotopic (exact) mass is 330 g/mol. The number of carbonyl (C=O) groups is 1. The number of carbonyl (C=O) groups excluding carboxylic acids is 1. The number of rotatable bonds is 4. The summed E-state index contributed by atoms with van der Waals surface area (Å²) in [6.45, 7) is 2.96. The number of halogens is 2. The van der Waals surface area contributed by atoms with Crippen molar-refractivity contribution in [3.05, 3.63) is 28.2 Å². The highest BCUT2D eigenvalue weighted by molar-refractivity contribution is 6.42. The van der Waals surface area contributed by atoms with Crippen molar-refractivity contribution < 1.29 is 9.90 Å². The molecule has 0 bridgehead atoms. The van der Waals surface area contributed by atoms with E-state index in [1.54, 1.807) is 18.2 Å². The smallest absolute Gasteiger partial charge is 0.322 e. The van der Waals surface area contributed by atoms with Gasteiger partial charge in [-0.3, -0.25) is 0 Å². The molecular formula is C15H20Cl2N2O2. The van der Waals surface area contributed by atoms with Gasteiger partial charge in [-0.2, -0.15) is 0 Å². The first kappa shape index (κ1) is 16.4. The molecule has 1 fully saturated rings. The Labute approximate surface area is 135 Å².